The van der Waals surface area contributed by atoms with Crippen molar-refractivity contribution in [3.05, 3.63) is 74.9 Å². The van der Waals surface area contributed by atoms with E-state index in [1.807, 2.05) is 55.5 Å². The number of nitrogens with zero attached hydrogens (tertiary/aromatic N) is 2. The number of hydrogen-bond donors (Lipinski definition) is 1. The van der Waals surface area contributed by atoms with Crippen molar-refractivity contribution in [3.63, 3.8) is 0 Å². The molecule has 0 unspecified atom stereocenters. The number of benzene rings is 2. The monoisotopic (exact) mass is 523 g/mol. The molecule has 0 saturated carbocycles. The Hall–Kier alpha value is -3.23. The molecule has 0 aliphatic carbocycles. The van der Waals surface area contributed by atoms with Crippen LogP contribution in [0, 0.1) is 0 Å². The van der Waals surface area contributed by atoms with E-state index in [2.05, 4.69) is 26.5 Å². The maximum Gasteiger partial charge on any atom is 0.272 e. The Balaban J connectivity index is 1.76. The van der Waals surface area contributed by atoms with Crippen LogP contribution < -0.4 is 14.9 Å². The second kappa shape index (κ2) is 10.1. The van der Waals surface area contributed by atoms with E-state index in [0.717, 1.165) is 25.3 Å². The number of ether oxygens (including phenoxy) is 2. The number of thiophene rings is 1. The Morgan fingerprint density at radius 1 is 1.09 bits per heavy atom. The van der Waals surface area contributed by atoms with Crippen LogP contribution in [0.2, 0.25) is 0 Å². The highest BCUT2D eigenvalue weighted by Crippen LogP contribution is 2.34. The third kappa shape index (κ3) is 4.91. The van der Waals surface area contributed by atoms with Crippen molar-refractivity contribution in [2.24, 2.45) is 5.10 Å². The van der Waals surface area contributed by atoms with E-state index >= 15 is 0 Å². The first-order chi connectivity index (χ1) is 16.0. The Bertz CT molecular complexity index is 1350. The summed E-state index contributed by atoms with van der Waals surface area (Å²) in [6.07, 6.45) is 0.693. The van der Waals surface area contributed by atoms with Crippen LogP contribution in [-0.2, 0) is 0 Å². The predicted molar refractivity (Wildman–Crippen MR) is 137 cm³/mol. The minimum absolute atomic E-state index is 0.302. The van der Waals surface area contributed by atoms with Gasteiger partial charge in [-0.2, -0.15) is 5.10 Å². The second-order valence-corrected chi connectivity index (χ2v) is 9.56. The highest BCUT2D eigenvalue weighted by atomic mass is 79.9. The molecule has 0 aliphatic rings. The van der Waals surface area contributed by atoms with E-state index in [4.69, 9.17) is 14.5 Å². The van der Waals surface area contributed by atoms with Crippen molar-refractivity contribution in [2.75, 3.05) is 14.2 Å². The fourth-order valence-corrected chi connectivity index (χ4v) is 4.91. The van der Waals surface area contributed by atoms with E-state index in [0.29, 0.717) is 34.7 Å². The molecule has 0 bridgehead atoms. The summed E-state index contributed by atoms with van der Waals surface area (Å²) >= 11 is 5.05. The molecule has 0 spiro atoms. The van der Waals surface area contributed by atoms with Gasteiger partial charge in [0.1, 0.15) is 11.5 Å². The summed E-state index contributed by atoms with van der Waals surface area (Å²) in [6.45, 7) is 2.01. The Kier molecular flexibility index (Phi) is 7.05. The fraction of sp³-hybridized carbons (Fsp3) is 0.160. The van der Waals surface area contributed by atoms with E-state index < -0.39 is 0 Å². The summed E-state index contributed by atoms with van der Waals surface area (Å²) in [4.78, 5) is 19.0. The number of carbonyl (C=O) groups excluding carboxylic acids is 1. The van der Waals surface area contributed by atoms with E-state index in [-0.39, 0.29) is 5.91 Å². The number of aromatic nitrogens is 1. The van der Waals surface area contributed by atoms with Crippen molar-refractivity contribution in [3.8, 4) is 22.8 Å². The average molecular weight is 524 g/mol. The van der Waals surface area contributed by atoms with Crippen molar-refractivity contribution in [1.82, 2.24) is 10.4 Å². The fourth-order valence-electron chi connectivity index (χ4n) is 3.47. The highest BCUT2D eigenvalue weighted by molar-refractivity contribution is 9.11. The number of rotatable bonds is 7. The Morgan fingerprint density at radius 2 is 1.91 bits per heavy atom. The Morgan fingerprint density at radius 3 is 2.61 bits per heavy atom. The number of amides is 1. The van der Waals surface area contributed by atoms with Gasteiger partial charge in [-0.15, -0.1) is 11.3 Å². The van der Waals surface area contributed by atoms with E-state index in [1.165, 1.54) is 0 Å². The zero-order chi connectivity index (χ0) is 23.4. The van der Waals surface area contributed by atoms with Gasteiger partial charge in [0, 0.05) is 17.0 Å². The molecule has 2 aromatic carbocycles. The first-order valence-corrected chi connectivity index (χ1v) is 11.9. The summed E-state index contributed by atoms with van der Waals surface area (Å²) in [5.74, 6) is 0.984. The third-order valence-electron chi connectivity index (χ3n) is 5.13. The van der Waals surface area contributed by atoms with Crippen LogP contribution in [0.3, 0.4) is 0 Å². The smallest absolute Gasteiger partial charge is 0.272 e. The Labute approximate surface area is 204 Å². The largest absolute Gasteiger partial charge is 0.497 e. The molecule has 4 aromatic rings. The van der Waals surface area contributed by atoms with Gasteiger partial charge in [-0.05, 0) is 58.7 Å². The molecule has 2 heterocycles. The summed E-state index contributed by atoms with van der Waals surface area (Å²) in [5, 5.41) is 5.16. The third-order valence-corrected chi connectivity index (χ3v) is 6.80. The average Bonchev–Trinajstić information content (AvgIpc) is 3.29. The van der Waals surface area contributed by atoms with Gasteiger partial charge >= 0.3 is 0 Å². The lowest BCUT2D eigenvalue weighted by Gasteiger charge is -2.13. The minimum Gasteiger partial charge on any atom is -0.497 e. The minimum atomic E-state index is -0.302. The van der Waals surface area contributed by atoms with Crippen molar-refractivity contribution >= 4 is 49.8 Å². The number of hydrogen-bond acceptors (Lipinski definition) is 6. The van der Waals surface area contributed by atoms with Gasteiger partial charge in [-0.3, -0.25) is 4.79 Å². The van der Waals surface area contributed by atoms with Crippen LogP contribution in [0.1, 0.15) is 28.6 Å². The molecule has 0 atom stereocenters. The van der Waals surface area contributed by atoms with E-state index in [1.54, 1.807) is 37.7 Å². The number of fused-ring (bicyclic) bond motifs is 1. The summed E-state index contributed by atoms with van der Waals surface area (Å²) < 4.78 is 11.9. The summed E-state index contributed by atoms with van der Waals surface area (Å²) in [5.41, 5.74) is 6.13. The number of hydrazone groups is 1. The molecule has 1 N–H and O–H groups in total. The van der Waals surface area contributed by atoms with E-state index in [9.17, 15) is 4.79 Å². The SMILES string of the molecule is CC/C(=N/NC(=O)c1cc(-c2ccc(OC)cc2OC)nc2ccccc12)c1ccc(Br)s1. The molecule has 0 fully saturated rings. The molecule has 0 aliphatic heterocycles. The molecular formula is C25H22BrN3O3S. The van der Waals surface area contributed by atoms with Crippen molar-refractivity contribution in [1.29, 1.82) is 0 Å². The lowest BCUT2D eigenvalue weighted by Crippen LogP contribution is -2.20. The maximum atomic E-state index is 13.3. The topological polar surface area (TPSA) is 72.8 Å². The van der Waals surface area contributed by atoms with Crippen LogP contribution in [0.15, 0.2) is 69.6 Å². The van der Waals surface area contributed by atoms with Gasteiger partial charge in [-0.1, -0.05) is 25.1 Å². The lowest BCUT2D eigenvalue weighted by atomic mass is 10.0. The highest BCUT2D eigenvalue weighted by Gasteiger charge is 2.17. The van der Waals surface area contributed by atoms with Crippen molar-refractivity contribution in [2.45, 2.75) is 13.3 Å². The first kappa shape index (κ1) is 22.9. The molecule has 168 valence electrons. The number of pyridine rings is 1. The molecule has 4 rings (SSSR count). The molecule has 0 radical (unpaired) electrons. The predicted octanol–water partition coefficient (Wildman–Crippen LogP) is 6.29. The van der Waals surface area contributed by atoms with Gasteiger partial charge in [0.25, 0.3) is 5.91 Å². The molecule has 8 heteroatoms. The van der Waals surface area contributed by atoms with Crippen LogP contribution >= 0.6 is 27.3 Å². The first-order valence-electron chi connectivity index (χ1n) is 10.3. The van der Waals surface area contributed by atoms with Gasteiger partial charge in [0.15, 0.2) is 0 Å². The number of carbonyl (C=O) groups is 1. The van der Waals surface area contributed by atoms with Gasteiger partial charge in [0.05, 0.1) is 45.4 Å². The molecule has 6 nitrogen and oxygen atoms in total. The quantitative estimate of drug-likeness (QED) is 0.228. The number of methoxy groups -OCH3 is 2. The van der Waals surface area contributed by atoms with Crippen LogP contribution in [0.4, 0.5) is 0 Å². The standard InChI is InChI=1S/C25H22BrN3O3S/c1-4-19(23-11-12-24(26)33-23)28-29-25(30)18-14-21(27-20-8-6-5-7-16(18)20)17-10-9-15(31-2)13-22(17)32-3/h5-14H,4H2,1-3H3,(H,29,30)/b28-19-. The number of para-hydroxylation sites is 1. The number of halogens is 1. The zero-order valence-electron chi connectivity index (χ0n) is 18.4. The second-order valence-electron chi connectivity index (χ2n) is 7.10. The summed E-state index contributed by atoms with van der Waals surface area (Å²) in [6, 6.07) is 18.8. The molecule has 1 amide bonds. The number of nitrogens with one attached hydrogen (secondary N) is 1. The lowest BCUT2D eigenvalue weighted by molar-refractivity contribution is 0.0956. The zero-order valence-corrected chi connectivity index (χ0v) is 20.8. The van der Waals surface area contributed by atoms with Crippen LogP contribution in [0.25, 0.3) is 22.2 Å². The van der Waals surface area contributed by atoms with Crippen LogP contribution in [0.5, 0.6) is 11.5 Å². The molecular weight excluding hydrogens is 502 g/mol. The summed E-state index contributed by atoms with van der Waals surface area (Å²) in [7, 11) is 3.20. The van der Waals surface area contributed by atoms with Gasteiger partial charge in [-0.25, -0.2) is 10.4 Å². The molecule has 0 saturated heterocycles. The van der Waals surface area contributed by atoms with Gasteiger partial charge in [0.2, 0.25) is 0 Å². The normalized spacial score (nSPS) is 11.5. The molecule has 2 aromatic heterocycles. The van der Waals surface area contributed by atoms with Crippen molar-refractivity contribution < 1.29 is 14.3 Å². The molecule has 33 heavy (non-hydrogen) atoms. The van der Waals surface area contributed by atoms with Crippen LogP contribution in [-0.4, -0.2) is 30.8 Å². The maximum absolute atomic E-state index is 13.3. The van der Waals surface area contributed by atoms with Gasteiger partial charge < -0.3 is 9.47 Å².